The molecule has 1 aliphatic rings. The van der Waals surface area contributed by atoms with Crippen molar-refractivity contribution in [2.45, 2.75) is 26.0 Å². The van der Waals surface area contributed by atoms with Gasteiger partial charge >= 0.3 is 0 Å². The Hall–Kier alpha value is -1.42. The summed E-state index contributed by atoms with van der Waals surface area (Å²) in [5.74, 6) is 1.52. The fourth-order valence-electron chi connectivity index (χ4n) is 1.37. The van der Waals surface area contributed by atoms with Crippen molar-refractivity contribution in [3.8, 4) is 11.5 Å². The van der Waals surface area contributed by atoms with Crippen LogP contribution >= 0.6 is 0 Å². The molecule has 1 heterocycles. The maximum atomic E-state index is 9.36. The summed E-state index contributed by atoms with van der Waals surface area (Å²) >= 11 is 0. The van der Waals surface area contributed by atoms with E-state index in [1.54, 1.807) is 6.92 Å². The molecule has 0 spiro atoms. The smallest absolute Gasteiger partial charge is 0.231 e. The molecular formula is C11H15NO3. The van der Waals surface area contributed by atoms with Gasteiger partial charge in [-0.3, -0.25) is 0 Å². The molecule has 1 aromatic rings. The average molecular weight is 209 g/mol. The molecule has 0 saturated carbocycles. The zero-order valence-corrected chi connectivity index (χ0v) is 8.86. The van der Waals surface area contributed by atoms with Gasteiger partial charge in [0.1, 0.15) is 0 Å². The van der Waals surface area contributed by atoms with Crippen molar-refractivity contribution < 1.29 is 14.6 Å². The van der Waals surface area contributed by atoms with Crippen molar-refractivity contribution in [2.24, 2.45) is 0 Å². The van der Waals surface area contributed by atoms with Crippen LogP contribution in [0.25, 0.3) is 0 Å². The van der Waals surface area contributed by atoms with Crippen LogP contribution in [0.3, 0.4) is 0 Å². The van der Waals surface area contributed by atoms with E-state index in [1.807, 2.05) is 25.1 Å². The number of ether oxygens (including phenoxy) is 2. The van der Waals surface area contributed by atoms with Gasteiger partial charge in [-0.05, 0) is 26.0 Å². The summed E-state index contributed by atoms with van der Waals surface area (Å²) in [6.07, 6.45) is -0.393. The summed E-state index contributed by atoms with van der Waals surface area (Å²) in [5.41, 5.74) is 0.924. The van der Waals surface area contributed by atoms with Gasteiger partial charge in [0.25, 0.3) is 0 Å². The third kappa shape index (κ3) is 2.15. The highest BCUT2D eigenvalue weighted by atomic mass is 16.7. The molecular weight excluding hydrogens is 194 g/mol. The number of nitrogens with one attached hydrogen (secondary N) is 1. The van der Waals surface area contributed by atoms with Crippen molar-refractivity contribution in [1.29, 1.82) is 0 Å². The van der Waals surface area contributed by atoms with Gasteiger partial charge < -0.3 is 19.9 Å². The summed E-state index contributed by atoms with van der Waals surface area (Å²) in [4.78, 5) is 0. The molecule has 0 aliphatic carbocycles. The van der Waals surface area contributed by atoms with Crippen LogP contribution in [0.4, 0.5) is 5.69 Å². The van der Waals surface area contributed by atoms with E-state index < -0.39 is 6.10 Å². The molecule has 2 N–H and O–H groups in total. The third-order valence-corrected chi connectivity index (χ3v) is 2.49. The second-order valence-corrected chi connectivity index (χ2v) is 3.74. The van der Waals surface area contributed by atoms with Gasteiger partial charge in [-0.1, -0.05) is 0 Å². The lowest BCUT2D eigenvalue weighted by atomic mass is 10.2. The van der Waals surface area contributed by atoms with E-state index in [0.29, 0.717) is 0 Å². The lowest BCUT2D eigenvalue weighted by molar-refractivity contribution is 0.173. The number of hydrogen-bond acceptors (Lipinski definition) is 4. The summed E-state index contributed by atoms with van der Waals surface area (Å²) in [6, 6.07) is 5.65. The monoisotopic (exact) mass is 209 g/mol. The second-order valence-electron chi connectivity index (χ2n) is 3.74. The average Bonchev–Trinajstić information content (AvgIpc) is 2.64. The molecule has 0 radical (unpaired) electrons. The standard InChI is InChI=1S/C11H15NO3/c1-7(8(2)13)12-9-3-4-10-11(5-9)15-6-14-10/h3-5,7-8,12-13H,6H2,1-2H3. The molecule has 0 amide bonds. The topological polar surface area (TPSA) is 50.7 Å². The molecule has 15 heavy (non-hydrogen) atoms. The molecule has 2 unspecified atom stereocenters. The van der Waals surface area contributed by atoms with Crippen molar-refractivity contribution >= 4 is 5.69 Å². The van der Waals surface area contributed by atoms with Gasteiger partial charge in [-0.2, -0.15) is 0 Å². The van der Waals surface area contributed by atoms with E-state index >= 15 is 0 Å². The SMILES string of the molecule is CC(O)C(C)Nc1ccc2c(c1)OCO2. The minimum absolute atomic E-state index is 0.00497. The Balaban J connectivity index is 2.10. The normalized spacial score (nSPS) is 17.3. The molecule has 4 heteroatoms. The van der Waals surface area contributed by atoms with E-state index in [2.05, 4.69) is 5.32 Å². The third-order valence-electron chi connectivity index (χ3n) is 2.49. The van der Waals surface area contributed by atoms with Crippen LogP contribution in [0, 0.1) is 0 Å². The fourth-order valence-corrected chi connectivity index (χ4v) is 1.37. The van der Waals surface area contributed by atoms with Crippen molar-refractivity contribution in [1.82, 2.24) is 0 Å². The predicted octanol–water partition coefficient (Wildman–Crippen LogP) is 1.60. The first-order chi connectivity index (χ1) is 7.16. The van der Waals surface area contributed by atoms with Crippen LogP contribution in [-0.4, -0.2) is 24.0 Å². The van der Waals surface area contributed by atoms with Crippen LogP contribution < -0.4 is 14.8 Å². The number of hydrogen-bond donors (Lipinski definition) is 2. The summed E-state index contributed by atoms with van der Waals surface area (Å²) < 4.78 is 10.5. The Morgan fingerprint density at radius 1 is 1.27 bits per heavy atom. The number of rotatable bonds is 3. The van der Waals surface area contributed by atoms with E-state index in [-0.39, 0.29) is 12.8 Å². The summed E-state index contributed by atoms with van der Waals surface area (Å²) in [6.45, 7) is 3.96. The summed E-state index contributed by atoms with van der Waals surface area (Å²) in [7, 11) is 0. The Morgan fingerprint density at radius 3 is 2.73 bits per heavy atom. The van der Waals surface area contributed by atoms with Gasteiger partial charge in [-0.15, -0.1) is 0 Å². The van der Waals surface area contributed by atoms with E-state index in [4.69, 9.17) is 9.47 Å². The number of fused-ring (bicyclic) bond motifs is 1. The molecule has 4 nitrogen and oxygen atoms in total. The zero-order chi connectivity index (χ0) is 10.8. The van der Waals surface area contributed by atoms with Gasteiger partial charge in [0.15, 0.2) is 11.5 Å². The number of aliphatic hydroxyl groups excluding tert-OH is 1. The number of benzene rings is 1. The first kappa shape index (κ1) is 10.1. The lowest BCUT2D eigenvalue weighted by Crippen LogP contribution is -2.27. The van der Waals surface area contributed by atoms with Crippen molar-refractivity contribution in [2.75, 3.05) is 12.1 Å². The predicted molar refractivity (Wildman–Crippen MR) is 57.3 cm³/mol. The zero-order valence-electron chi connectivity index (χ0n) is 8.86. The first-order valence-electron chi connectivity index (χ1n) is 5.01. The Labute approximate surface area is 88.8 Å². The Morgan fingerprint density at radius 2 is 2.00 bits per heavy atom. The molecule has 0 bridgehead atoms. The van der Waals surface area contributed by atoms with Gasteiger partial charge in [0, 0.05) is 17.8 Å². The first-order valence-corrected chi connectivity index (χ1v) is 5.01. The highest BCUT2D eigenvalue weighted by Crippen LogP contribution is 2.34. The van der Waals surface area contributed by atoms with E-state index in [1.165, 1.54) is 0 Å². The number of aliphatic hydroxyl groups is 1. The largest absolute Gasteiger partial charge is 0.454 e. The summed E-state index contributed by atoms with van der Waals surface area (Å²) in [5, 5.41) is 12.5. The number of anilines is 1. The fraction of sp³-hybridized carbons (Fsp3) is 0.455. The van der Waals surface area contributed by atoms with Crippen LogP contribution in [0.5, 0.6) is 11.5 Å². The molecule has 0 fully saturated rings. The van der Waals surface area contributed by atoms with E-state index in [9.17, 15) is 5.11 Å². The Bertz CT molecular complexity index is 352. The van der Waals surface area contributed by atoms with Crippen LogP contribution in [0.1, 0.15) is 13.8 Å². The second kappa shape index (κ2) is 3.98. The molecule has 1 aliphatic heterocycles. The molecule has 0 aromatic heterocycles. The molecule has 1 aromatic carbocycles. The van der Waals surface area contributed by atoms with Crippen LogP contribution in [-0.2, 0) is 0 Å². The van der Waals surface area contributed by atoms with Crippen LogP contribution in [0.2, 0.25) is 0 Å². The quantitative estimate of drug-likeness (QED) is 0.793. The molecule has 2 rings (SSSR count). The maximum Gasteiger partial charge on any atom is 0.231 e. The van der Waals surface area contributed by atoms with Crippen LogP contribution in [0.15, 0.2) is 18.2 Å². The maximum absolute atomic E-state index is 9.36. The van der Waals surface area contributed by atoms with Gasteiger partial charge in [-0.25, -0.2) is 0 Å². The molecule has 2 atom stereocenters. The minimum Gasteiger partial charge on any atom is -0.454 e. The highest BCUT2D eigenvalue weighted by molar-refractivity contribution is 5.56. The minimum atomic E-state index is -0.393. The van der Waals surface area contributed by atoms with Gasteiger partial charge in [0.2, 0.25) is 6.79 Å². The molecule has 82 valence electrons. The molecule has 0 saturated heterocycles. The lowest BCUT2D eigenvalue weighted by Gasteiger charge is -2.17. The van der Waals surface area contributed by atoms with Crippen molar-refractivity contribution in [3.05, 3.63) is 18.2 Å². The van der Waals surface area contributed by atoms with Crippen molar-refractivity contribution in [3.63, 3.8) is 0 Å². The Kier molecular flexibility index (Phi) is 2.68. The van der Waals surface area contributed by atoms with E-state index in [0.717, 1.165) is 17.2 Å². The van der Waals surface area contributed by atoms with Gasteiger partial charge in [0.05, 0.1) is 6.10 Å². The highest BCUT2D eigenvalue weighted by Gasteiger charge is 2.14.